The summed E-state index contributed by atoms with van der Waals surface area (Å²) in [6.07, 6.45) is 2.78. The lowest BCUT2D eigenvalue weighted by atomic mass is 10.4. The Hall–Kier alpha value is -1.72. The molecule has 1 unspecified atom stereocenters. The average molecular weight is 197 g/mol. The van der Waals surface area contributed by atoms with Crippen molar-refractivity contribution in [3.8, 4) is 5.75 Å². The van der Waals surface area contributed by atoms with Gasteiger partial charge in [-0.25, -0.2) is 4.79 Å². The molecule has 0 bridgehead atoms. The quantitative estimate of drug-likeness (QED) is 0.735. The van der Waals surface area contributed by atoms with Crippen molar-refractivity contribution in [2.75, 3.05) is 13.2 Å². The molecule has 0 aromatic carbocycles. The van der Waals surface area contributed by atoms with E-state index in [1.54, 1.807) is 17.1 Å². The van der Waals surface area contributed by atoms with Gasteiger partial charge in [0.1, 0.15) is 6.61 Å². The number of hydrogen-bond acceptors (Lipinski definition) is 4. The molecule has 2 heterocycles. The third-order valence-electron chi connectivity index (χ3n) is 1.86. The van der Waals surface area contributed by atoms with E-state index in [0.29, 0.717) is 18.9 Å². The standard InChI is InChI=1S/C8H11N3O3/c1-11-4-6(3-10-11)13-5-7-2-9-8(12)14-7/h3-4,7H,2,5H2,1H3,(H,9,12). The molecule has 0 saturated carbocycles. The summed E-state index contributed by atoms with van der Waals surface area (Å²) in [5.41, 5.74) is 0. The second kappa shape index (κ2) is 3.57. The number of rotatable bonds is 3. The summed E-state index contributed by atoms with van der Waals surface area (Å²) in [4.78, 5) is 10.7. The minimum Gasteiger partial charge on any atom is -0.486 e. The number of carbonyl (C=O) groups is 1. The van der Waals surface area contributed by atoms with E-state index in [4.69, 9.17) is 9.47 Å². The van der Waals surface area contributed by atoms with Crippen LogP contribution >= 0.6 is 0 Å². The van der Waals surface area contributed by atoms with Crippen LogP contribution in [0.4, 0.5) is 4.79 Å². The topological polar surface area (TPSA) is 65.4 Å². The van der Waals surface area contributed by atoms with Crippen molar-refractivity contribution in [1.82, 2.24) is 15.1 Å². The van der Waals surface area contributed by atoms with Crippen LogP contribution in [0.5, 0.6) is 5.75 Å². The highest BCUT2D eigenvalue weighted by Crippen LogP contribution is 2.09. The van der Waals surface area contributed by atoms with Gasteiger partial charge in [-0.1, -0.05) is 0 Å². The van der Waals surface area contributed by atoms with Crippen molar-refractivity contribution in [2.45, 2.75) is 6.10 Å². The molecule has 0 spiro atoms. The third kappa shape index (κ3) is 1.95. The molecule has 1 fully saturated rings. The lowest BCUT2D eigenvalue weighted by Crippen LogP contribution is -2.21. The molecule has 1 aromatic rings. The first kappa shape index (κ1) is 8.86. The molecule has 6 nitrogen and oxygen atoms in total. The predicted octanol–water partition coefficient (Wildman–Crippen LogP) is -0.0927. The Bertz CT molecular complexity index is 336. The molecule has 1 aliphatic heterocycles. The maximum Gasteiger partial charge on any atom is 0.407 e. The molecule has 1 saturated heterocycles. The number of hydrogen-bond donors (Lipinski definition) is 1. The van der Waals surface area contributed by atoms with Gasteiger partial charge in [0.15, 0.2) is 11.9 Å². The number of aromatic nitrogens is 2. The van der Waals surface area contributed by atoms with Crippen LogP contribution < -0.4 is 10.1 Å². The second-order valence-corrected chi connectivity index (χ2v) is 3.07. The number of nitrogens with one attached hydrogen (secondary N) is 1. The van der Waals surface area contributed by atoms with E-state index in [2.05, 4.69) is 10.4 Å². The predicted molar refractivity (Wildman–Crippen MR) is 47.0 cm³/mol. The van der Waals surface area contributed by atoms with Crippen molar-refractivity contribution in [1.29, 1.82) is 0 Å². The molecular weight excluding hydrogens is 186 g/mol. The van der Waals surface area contributed by atoms with E-state index < -0.39 is 0 Å². The zero-order valence-corrected chi connectivity index (χ0v) is 7.77. The van der Waals surface area contributed by atoms with Crippen LogP contribution in [0.1, 0.15) is 0 Å². The van der Waals surface area contributed by atoms with Gasteiger partial charge < -0.3 is 14.8 Å². The molecule has 0 radical (unpaired) electrons. The molecule has 1 aliphatic rings. The van der Waals surface area contributed by atoms with Crippen molar-refractivity contribution in [2.24, 2.45) is 7.05 Å². The van der Waals surface area contributed by atoms with Gasteiger partial charge in [0.05, 0.1) is 18.9 Å². The number of nitrogens with zero attached hydrogens (tertiary/aromatic N) is 2. The SMILES string of the molecule is Cn1cc(OCC2CNC(=O)O2)cn1. The average Bonchev–Trinajstić information content (AvgIpc) is 2.72. The zero-order valence-electron chi connectivity index (χ0n) is 7.77. The first-order valence-corrected chi connectivity index (χ1v) is 4.30. The first-order chi connectivity index (χ1) is 6.74. The molecule has 6 heteroatoms. The van der Waals surface area contributed by atoms with Gasteiger partial charge in [-0.3, -0.25) is 4.68 Å². The zero-order chi connectivity index (χ0) is 9.97. The van der Waals surface area contributed by atoms with Crippen molar-refractivity contribution < 1.29 is 14.3 Å². The number of aryl methyl sites for hydroxylation is 1. The van der Waals surface area contributed by atoms with E-state index in [1.165, 1.54) is 0 Å². The molecule has 76 valence electrons. The second-order valence-electron chi connectivity index (χ2n) is 3.07. The van der Waals surface area contributed by atoms with E-state index in [1.807, 2.05) is 7.05 Å². The first-order valence-electron chi connectivity index (χ1n) is 4.30. The van der Waals surface area contributed by atoms with E-state index >= 15 is 0 Å². The lowest BCUT2D eigenvalue weighted by molar-refractivity contribution is 0.105. The molecular formula is C8H11N3O3. The summed E-state index contributed by atoms with van der Waals surface area (Å²) < 4.78 is 11.9. The maximum atomic E-state index is 10.7. The highest BCUT2D eigenvalue weighted by molar-refractivity contribution is 5.69. The smallest absolute Gasteiger partial charge is 0.407 e. The Morgan fingerprint density at radius 1 is 1.86 bits per heavy atom. The summed E-state index contributed by atoms with van der Waals surface area (Å²) in [5, 5.41) is 6.49. The van der Waals surface area contributed by atoms with E-state index in [9.17, 15) is 4.79 Å². The number of alkyl carbamates (subject to hydrolysis) is 1. The van der Waals surface area contributed by atoms with Gasteiger partial charge in [0, 0.05) is 7.05 Å². The Balaban J connectivity index is 1.80. The van der Waals surface area contributed by atoms with Gasteiger partial charge >= 0.3 is 6.09 Å². The molecule has 1 atom stereocenters. The number of carbonyl (C=O) groups excluding carboxylic acids is 1. The Morgan fingerprint density at radius 3 is 3.29 bits per heavy atom. The third-order valence-corrected chi connectivity index (χ3v) is 1.86. The van der Waals surface area contributed by atoms with Gasteiger partial charge in [-0.2, -0.15) is 5.10 Å². The van der Waals surface area contributed by atoms with E-state index in [-0.39, 0.29) is 12.2 Å². The summed E-state index contributed by atoms with van der Waals surface area (Å²) in [6.45, 7) is 0.851. The van der Waals surface area contributed by atoms with Crippen molar-refractivity contribution >= 4 is 6.09 Å². The fraction of sp³-hybridized carbons (Fsp3) is 0.500. The number of ether oxygens (including phenoxy) is 2. The highest BCUT2D eigenvalue weighted by Gasteiger charge is 2.22. The minimum absolute atomic E-state index is 0.206. The van der Waals surface area contributed by atoms with Gasteiger partial charge in [0.25, 0.3) is 0 Å². The van der Waals surface area contributed by atoms with Gasteiger partial charge in [-0.15, -0.1) is 0 Å². The summed E-state index contributed by atoms with van der Waals surface area (Å²) >= 11 is 0. The van der Waals surface area contributed by atoms with Crippen LogP contribution in [0.2, 0.25) is 0 Å². The lowest BCUT2D eigenvalue weighted by Gasteiger charge is -2.07. The van der Waals surface area contributed by atoms with E-state index in [0.717, 1.165) is 0 Å². The normalized spacial score (nSPS) is 20.4. The summed E-state index contributed by atoms with van der Waals surface area (Å²) in [6, 6.07) is 0. The van der Waals surface area contributed by atoms with Gasteiger partial charge in [-0.05, 0) is 0 Å². The summed E-state index contributed by atoms with van der Waals surface area (Å²) in [7, 11) is 1.81. The van der Waals surface area contributed by atoms with Gasteiger partial charge in [0.2, 0.25) is 0 Å². The molecule has 2 rings (SSSR count). The minimum atomic E-state index is -0.384. The fourth-order valence-corrected chi connectivity index (χ4v) is 1.19. The molecule has 1 aromatic heterocycles. The number of amides is 1. The molecule has 1 amide bonds. The van der Waals surface area contributed by atoms with Crippen LogP contribution in [-0.2, 0) is 11.8 Å². The largest absolute Gasteiger partial charge is 0.486 e. The molecule has 1 N–H and O–H groups in total. The highest BCUT2D eigenvalue weighted by atomic mass is 16.6. The van der Waals surface area contributed by atoms with Crippen molar-refractivity contribution in [3.63, 3.8) is 0 Å². The van der Waals surface area contributed by atoms with Crippen molar-refractivity contribution in [3.05, 3.63) is 12.4 Å². The molecule has 14 heavy (non-hydrogen) atoms. The van der Waals surface area contributed by atoms with Crippen LogP contribution in [-0.4, -0.2) is 35.1 Å². The molecule has 0 aliphatic carbocycles. The van der Waals surface area contributed by atoms with Crippen LogP contribution in [0.3, 0.4) is 0 Å². The number of cyclic esters (lactones) is 1. The Kier molecular flexibility index (Phi) is 2.26. The van der Waals surface area contributed by atoms with Crippen LogP contribution in [0.15, 0.2) is 12.4 Å². The van der Waals surface area contributed by atoms with Crippen LogP contribution in [0, 0.1) is 0 Å². The Morgan fingerprint density at radius 2 is 2.71 bits per heavy atom. The summed E-state index contributed by atoms with van der Waals surface area (Å²) in [5.74, 6) is 0.676. The van der Waals surface area contributed by atoms with Crippen LogP contribution in [0.25, 0.3) is 0 Å². The monoisotopic (exact) mass is 197 g/mol. The Labute approximate surface area is 80.8 Å². The fourth-order valence-electron chi connectivity index (χ4n) is 1.19. The maximum absolute atomic E-state index is 10.7.